The minimum absolute atomic E-state index is 0.000704. The van der Waals surface area contributed by atoms with Crippen LogP contribution in [-0.2, 0) is 12.8 Å². The Balaban J connectivity index is 1.78. The van der Waals surface area contributed by atoms with E-state index in [1.807, 2.05) is 32.0 Å². The average Bonchev–Trinajstić information content (AvgIpc) is 2.97. The van der Waals surface area contributed by atoms with Crippen LogP contribution >= 0.6 is 0 Å². The molecule has 33 heavy (non-hydrogen) atoms. The highest BCUT2D eigenvalue weighted by Gasteiger charge is 2.39. The number of methoxy groups -OCH3 is 1. The first-order valence-corrected chi connectivity index (χ1v) is 11.2. The summed E-state index contributed by atoms with van der Waals surface area (Å²) < 4.78 is 7.14. The van der Waals surface area contributed by atoms with Gasteiger partial charge in [-0.1, -0.05) is 30.3 Å². The molecule has 1 amide bonds. The van der Waals surface area contributed by atoms with Crippen LogP contribution in [-0.4, -0.2) is 40.4 Å². The van der Waals surface area contributed by atoms with E-state index in [2.05, 4.69) is 29.3 Å². The van der Waals surface area contributed by atoms with E-state index in [0.29, 0.717) is 6.67 Å². The molecule has 1 aliphatic heterocycles. The van der Waals surface area contributed by atoms with E-state index in [1.54, 1.807) is 22.9 Å². The van der Waals surface area contributed by atoms with Crippen molar-refractivity contribution in [1.29, 1.82) is 0 Å². The molecule has 170 valence electrons. The summed E-state index contributed by atoms with van der Waals surface area (Å²) in [7, 11) is 1.66. The molecular weight excluding hydrogens is 418 g/mol. The largest absolute Gasteiger partial charge is 0.502 e. The molecule has 0 bridgehead atoms. The summed E-state index contributed by atoms with van der Waals surface area (Å²) in [5.74, 6) is -0.0687. The molecule has 0 saturated heterocycles. The summed E-state index contributed by atoms with van der Waals surface area (Å²) in [5, 5.41) is 12.7. The first-order valence-electron chi connectivity index (χ1n) is 11.2. The number of pyridine rings is 1. The number of rotatable bonds is 3. The van der Waals surface area contributed by atoms with Crippen LogP contribution in [0.15, 0.2) is 59.5 Å². The zero-order valence-electron chi connectivity index (χ0n) is 19.0. The van der Waals surface area contributed by atoms with Gasteiger partial charge in [0, 0.05) is 18.3 Å². The molecule has 1 aliphatic carbocycles. The second kappa shape index (κ2) is 7.99. The highest BCUT2D eigenvalue weighted by molar-refractivity contribution is 5.96. The second-order valence-electron chi connectivity index (χ2n) is 8.84. The molecule has 1 aromatic heterocycles. The van der Waals surface area contributed by atoms with E-state index in [1.165, 1.54) is 17.2 Å². The quantitative estimate of drug-likeness (QED) is 0.670. The number of nitrogens with zero attached hydrogens (tertiary/aromatic N) is 3. The number of benzene rings is 2. The average molecular weight is 446 g/mol. The number of carbonyl (C=O) groups is 1. The van der Waals surface area contributed by atoms with Crippen molar-refractivity contribution in [3.05, 3.63) is 92.9 Å². The molecule has 0 radical (unpaired) electrons. The van der Waals surface area contributed by atoms with Crippen molar-refractivity contribution >= 4 is 5.91 Å². The minimum atomic E-state index is -0.563. The van der Waals surface area contributed by atoms with Crippen LogP contribution in [0.1, 0.15) is 52.6 Å². The van der Waals surface area contributed by atoms with Crippen molar-refractivity contribution in [2.45, 2.75) is 38.8 Å². The molecule has 2 heterocycles. The maximum absolute atomic E-state index is 13.3. The Morgan fingerprint density at radius 3 is 2.48 bits per heavy atom. The van der Waals surface area contributed by atoms with E-state index in [4.69, 9.17) is 4.74 Å². The van der Waals surface area contributed by atoms with Crippen LogP contribution in [0, 0.1) is 0 Å². The van der Waals surface area contributed by atoms with Crippen molar-refractivity contribution in [3.63, 3.8) is 0 Å². The molecule has 2 aromatic carbocycles. The van der Waals surface area contributed by atoms with Crippen LogP contribution in [0.5, 0.6) is 11.5 Å². The third kappa shape index (κ3) is 3.35. The predicted molar refractivity (Wildman–Crippen MR) is 125 cm³/mol. The van der Waals surface area contributed by atoms with Gasteiger partial charge in [0.1, 0.15) is 12.4 Å². The zero-order valence-corrected chi connectivity index (χ0v) is 19.0. The van der Waals surface area contributed by atoms with Gasteiger partial charge in [-0.3, -0.25) is 19.3 Å². The number of aromatic nitrogens is 1. The van der Waals surface area contributed by atoms with Crippen LogP contribution in [0.3, 0.4) is 0 Å². The number of hydrogen-bond acceptors (Lipinski definition) is 5. The summed E-state index contributed by atoms with van der Waals surface area (Å²) >= 11 is 0. The van der Waals surface area contributed by atoms with Crippen molar-refractivity contribution in [2.75, 3.05) is 18.8 Å². The van der Waals surface area contributed by atoms with Gasteiger partial charge in [-0.2, -0.15) is 0 Å². The number of aryl methyl sites for hydroxylation is 2. The van der Waals surface area contributed by atoms with E-state index in [0.717, 1.165) is 29.7 Å². The first kappa shape index (κ1) is 21.1. The second-order valence-corrected chi connectivity index (χ2v) is 8.84. The lowest BCUT2D eigenvalue weighted by atomic mass is 9.93. The summed E-state index contributed by atoms with van der Waals surface area (Å²) in [6.07, 6.45) is 3.34. The lowest BCUT2D eigenvalue weighted by Gasteiger charge is -2.45. The lowest BCUT2D eigenvalue weighted by Crippen LogP contribution is -2.57. The Kier molecular flexibility index (Phi) is 5.12. The molecule has 0 saturated carbocycles. The molecule has 0 fully saturated rings. The topological polar surface area (TPSA) is 75.0 Å². The fourth-order valence-corrected chi connectivity index (χ4v) is 4.94. The summed E-state index contributed by atoms with van der Waals surface area (Å²) in [5.41, 5.74) is 4.10. The van der Waals surface area contributed by atoms with Gasteiger partial charge in [0.25, 0.3) is 5.91 Å². The van der Waals surface area contributed by atoms with Crippen LogP contribution in [0.4, 0.5) is 0 Å². The Morgan fingerprint density at radius 2 is 1.73 bits per heavy atom. The summed E-state index contributed by atoms with van der Waals surface area (Å²) in [6.45, 7) is 4.18. The van der Waals surface area contributed by atoms with Crippen LogP contribution in [0.25, 0.3) is 0 Å². The Hall–Kier alpha value is -3.74. The van der Waals surface area contributed by atoms with Gasteiger partial charge in [-0.25, -0.2) is 0 Å². The standard InChI is InChI=1S/C26H27N3O4/c1-16(2)27-15-29(28-13-12-22(30)25(31)24(28)26(27)32)23-20-7-5-4-6-17(20)8-9-18-14-19(33-3)10-11-21(18)23/h4-7,10-14,16,23,31H,8-9,15H2,1-3H3. The molecule has 5 rings (SSSR count). The maximum Gasteiger partial charge on any atom is 0.278 e. The monoisotopic (exact) mass is 445 g/mol. The molecular formula is C26H27N3O4. The van der Waals surface area contributed by atoms with Crippen molar-refractivity contribution < 1.29 is 14.6 Å². The van der Waals surface area contributed by atoms with Gasteiger partial charge in [-0.05, 0) is 61.1 Å². The van der Waals surface area contributed by atoms with Gasteiger partial charge < -0.3 is 14.7 Å². The third-order valence-electron chi connectivity index (χ3n) is 6.67. The van der Waals surface area contributed by atoms with Gasteiger partial charge >= 0.3 is 0 Å². The lowest BCUT2D eigenvalue weighted by molar-refractivity contribution is 0.0621. The molecule has 1 unspecified atom stereocenters. The van der Waals surface area contributed by atoms with Gasteiger partial charge in [0.2, 0.25) is 5.43 Å². The van der Waals surface area contributed by atoms with Crippen molar-refractivity contribution in [1.82, 2.24) is 9.58 Å². The number of hydrogen-bond donors (Lipinski definition) is 1. The molecule has 3 aromatic rings. The maximum atomic E-state index is 13.3. The number of carbonyl (C=O) groups excluding carboxylic acids is 1. The summed E-state index contributed by atoms with van der Waals surface area (Å²) in [6, 6.07) is 15.4. The van der Waals surface area contributed by atoms with Crippen molar-refractivity contribution in [2.24, 2.45) is 0 Å². The normalized spacial score (nSPS) is 17.3. The molecule has 7 nitrogen and oxygen atoms in total. The summed E-state index contributed by atoms with van der Waals surface area (Å²) in [4.78, 5) is 27.2. The minimum Gasteiger partial charge on any atom is -0.502 e. The Bertz CT molecular complexity index is 1300. The molecule has 7 heteroatoms. The predicted octanol–water partition coefficient (Wildman–Crippen LogP) is 3.21. The zero-order chi connectivity index (χ0) is 23.3. The van der Waals surface area contributed by atoms with E-state index < -0.39 is 11.2 Å². The van der Waals surface area contributed by atoms with E-state index >= 15 is 0 Å². The van der Waals surface area contributed by atoms with Gasteiger partial charge in [-0.15, -0.1) is 0 Å². The number of fused-ring (bicyclic) bond motifs is 3. The fourth-order valence-electron chi connectivity index (χ4n) is 4.94. The highest BCUT2D eigenvalue weighted by atomic mass is 16.5. The molecule has 0 spiro atoms. The third-order valence-corrected chi connectivity index (χ3v) is 6.67. The molecule has 1 atom stereocenters. The van der Waals surface area contributed by atoms with E-state index in [9.17, 15) is 14.7 Å². The van der Waals surface area contributed by atoms with E-state index in [-0.39, 0.29) is 23.7 Å². The SMILES string of the molecule is COc1ccc2c(c1)CCc1ccccc1C2N1CN(C(C)C)C(=O)c2c(O)c(=O)ccn21. The first-order chi connectivity index (χ1) is 15.9. The van der Waals surface area contributed by atoms with Gasteiger partial charge in [0.05, 0.1) is 13.2 Å². The van der Waals surface area contributed by atoms with Crippen LogP contribution in [0.2, 0.25) is 0 Å². The fraction of sp³-hybridized carbons (Fsp3) is 0.308. The number of ether oxygens (including phenoxy) is 1. The highest BCUT2D eigenvalue weighted by Crippen LogP contribution is 2.39. The Morgan fingerprint density at radius 1 is 1.00 bits per heavy atom. The molecule has 2 aliphatic rings. The number of amides is 1. The molecule has 1 N–H and O–H groups in total. The Labute approximate surface area is 192 Å². The van der Waals surface area contributed by atoms with Crippen LogP contribution < -0.4 is 15.2 Å². The van der Waals surface area contributed by atoms with Crippen molar-refractivity contribution in [3.8, 4) is 11.5 Å². The number of aromatic hydroxyl groups is 1. The van der Waals surface area contributed by atoms with Gasteiger partial charge in [0.15, 0.2) is 11.4 Å². The smallest absolute Gasteiger partial charge is 0.278 e.